The summed E-state index contributed by atoms with van der Waals surface area (Å²) in [7, 11) is 0. The number of fused-ring (bicyclic) bond motifs is 1. The molecular formula is C21H22F3N3O2. The SMILES string of the molecule is CCOCCCC(=O)N[C@@H](c1ccccc1)c1ccc2nc(C(F)(F)F)[nH]c2c1. The lowest BCUT2D eigenvalue weighted by Gasteiger charge is -2.20. The maximum absolute atomic E-state index is 12.9. The van der Waals surface area contributed by atoms with Gasteiger partial charge in [0.05, 0.1) is 17.1 Å². The number of benzene rings is 2. The molecule has 0 radical (unpaired) electrons. The van der Waals surface area contributed by atoms with E-state index in [0.29, 0.717) is 31.6 Å². The number of alkyl halides is 3. The average molecular weight is 405 g/mol. The fraction of sp³-hybridized carbons (Fsp3) is 0.333. The Labute approximate surface area is 166 Å². The first-order chi connectivity index (χ1) is 13.9. The molecule has 3 rings (SSSR count). The second kappa shape index (κ2) is 9.09. The normalized spacial score (nSPS) is 12.8. The molecule has 8 heteroatoms. The highest BCUT2D eigenvalue weighted by atomic mass is 19.4. The van der Waals surface area contributed by atoms with Crippen LogP contribution in [0.5, 0.6) is 0 Å². The quantitative estimate of drug-likeness (QED) is 0.538. The maximum atomic E-state index is 12.9. The monoisotopic (exact) mass is 405 g/mol. The lowest BCUT2D eigenvalue weighted by Crippen LogP contribution is -2.29. The van der Waals surface area contributed by atoms with Crippen LogP contribution in [0.1, 0.15) is 42.8 Å². The van der Waals surface area contributed by atoms with Gasteiger partial charge < -0.3 is 15.0 Å². The van der Waals surface area contributed by atoms with Gasteiger partial charge in [0.25, 0.3) is 0 Å². The fourth-order valence-corrected chi connectivity index (χ4v) is 3.06. The van der Waals surface area contributed by atoms with E-state index in [2.05, 4.69) is 15.3 Å². The van der Waals surface area contributed by atoms with Gasteiger partial charge in [-0.15, -0.1) is 0 Å². The molecule has 3 aromatic rings. The molecule has 2 N–H and O–H groups in total. The first-order valence-corrected chi connectivity index (χ1v) is 9.37. The lowest BCUT2D eigenvalue weighted by atomic mass is 9.98. The molecule has 1 amide bonds. The summed E-state index contributed by atoms with van der Waals surface area (Å²) in [6, 6.07) is 13.6. The standard InChI is InChI=1S/C21H22F3N3O2/c1-2-29-12-6-9-18(28)27-19(14-7-4-3-5-8-14)15-10-11-16-17(13-15)26-20(25-16)21(22,23)24/h3-5,7-8,10-11,13,19H,2,6,9,12H2,1H3,(H,25,26)(H,27,28)/t19-/m0/s1. The number of amides is 1. The number of rotatable bonds is 8. The van der Waals surface area contributed by atoms with Crippen molar-refractivity contribution in [3.8, 4) is 0 Å². The number of aromatic nitrogens is 2. The maximum Gasteiger partial charge on any atom is 0.449 e. The smallest absolute Gasteiger partial charge is 0.382 e. The number of hydrogen-bond acceptors (Lipinski definition) is 3. The number of nitrogens with one attached hydrogen (secondary N) is 2. The highest BCUT2D eigenvalue weighted by Crippen LogP contribution is 2.30. The van der Waals surface area contributed by atoms with E-state index in [-0.39, 0.29) is 16.9 Å². The van der Waals surface area contributed by atoms with Crippen molar-refractivity contribution in [2.75, 3.05) is 13.2 Å². The number of carbonyl (C=O) groups excluding carboxylic acids is 1. The summed E-state index contributed by atoms with van der Waals surface area (Å²) < 4.78 is 44.1. The molecule has 1 heterocycles. The van der Waals surface area contributed by atoms with E-state index < -0.39 is 18.0 Å². The Bertz CT molecular complexity index is 955. The summed E-state index contributed by atoms with van der Waals surface area (Å²) in [5.74, 6) is -1.19. The van der Waals surface area contributed by atoms with Crippen LogP contribution in [0.2, 0.25) is 0 Å². The highest BCUT2D eigenvalue weighted by Gasteiger charge is 2.34. The zero-order valence-corrected chi connectivity index (χ0v) is 15.9. The number of H-pyrrole nitrogens is 1. The van der Waals surface area contributed by atoms with E-state index in [1.165, 1.54) is 6.07 Å². The van der Waals surface area contributed by atoms with Crippen molar-refractivity contribution in [3.05, 3.63) is 65.5 Å². The molecule has 29 heavy (non-hydrogen) atoms. The van der Waals surface area contributed by atoms with Crippen LogP contribution in [0.25, 0.3) is 11.0 Å². The van der Waals surface area contributed by atoms with Crippen LogP contribution in [0.3, 0.4) is 0 Å². The van der Waals surface area contributed by atoms with Crippen molar-refractivity contribution in [1.82, 2.24) is 15.3 Å². The van der Waals surface area contributed by atoms with Gasteiger partial charge in [-0.3, -0.25) is 4.79 Å². The Balaban J connectivity index is 1.87. The van der Waals surface area contributed by atoms with E-state index in [1.54, 1.807) is 12.1 Å². The Morgan fingerprint density at radius 1 is 1.17 bits per heavy atom. The molecule has 0 aliphatic heterocycles. The van der Waals surface area contributed by atoms with Crippen LogP contribution in [0.15, 0.2) is 48.5 Å². The Kier molecular flexibility index (Phi) is 6.53. The van der Waals surface area contributed by atoms with Crippen LogP contribution < -0.4 is 5.32 Å². The molecule has 2 aromatic carbocycles. The van der Waals surface area contributed by atoms with Gasteiger partial charge in [-0.05, 0) is 36.6 Å². The van der Waals surface area contributed by atoms with E-state index in [1.807, 2.05) is 37.3 Å². The van der Waals surface area contributed by atoms with Gasteiger partial charge in [-0.25, -0.2) is 4.98 Å². The Hall–Kier alpha value is -2.87. The molecule has 0 aliphatic carbocycles. The van der Waals surface area contributed by atoms with Crippen molar-refractivity contribution >= 4 is 16.9 Å². The van der Waals surface area contributed by atoms with Crippen LogP contribution in [0, 0.1) is 0 Å². The molecule has 0 saturated carbocycles. The van der Waals surface area contributed by atoms with Crippen molar-refractivity contribution < 1.29 is 22.7 Å². The summed E-state index contributed by atoms with van der Waals surface area (Å²) in [5.41, 5.74) is 1.98. The lowest BCUT2D eigenvalue weighted by molar-refractivity contribution is -0.144. The molecule has 0 bridgehead atoms. The highest BCUT2D eigenvalue weighted by molar-refractivity contribution is 5.79. The number of aromatic amines is 1. The average Bonchev–Trinajstić information content (AvgIpc) is 3.14. The number of nitrogens with zero attached hydrogens (tertiary/aromatic N) is 1. The summed E-state index contributed by atoms with van der Waals surface area (Å²) in [6.07, 6.45) is -3.66. The third kappa shape index (κ3) is 5.35. The molecular weight excluding hydrogens is 383 g/mol. The number of carbonyl (C=O) groups is 1. The second-order valence-electron chi connectivity index (χ2n) is 6.57. The number of ether oxygens (including phenoxy) is 1. The number of hydrogen-bond donors (Lipinski definition) is 2. The largest absolute Gasteiger partial charge is 0.449 e. The molecule has 1 atom stereocenters. The molecule has 0 saturated heterocycles. The Morgan fingerprint density at radius 3 is 2.62 bits per heavy atom. The molecule has 5 nitrogen and oxygen atoms in total. The van der Waals surface area contributed by atoms with Crippen molar-refractivity contribution in [3.63, 3.8) is 0 Å². The number of halogens is 3. The molecule has 1 aromatic heterocycles. The molecule has 0 unspecified atom stereocenters. The van der Waals surface area contributed by atoms with Gasteiger partial charge >= 0.3 is 6.18 Å². The molecule has 0 spiro atoms. The third-order valence-corrected chi connectivity index (χ3v) is 4.44. The molecule has 0 fully saturated rings. The van der Waals surface area contributed by atoms with E-state index in [9.17, 15) is 18.0 Å². The summed E-state index contributed by atoms with van der Waals surface area (Å²) in [4.78, 5) is 18.3. The minimum Gasteiger partial charge on any atom is -0.382 e. The van der Waals surface area contributed by atoms with Gasteiger partial charge in [0, 0.05) is 19.6 Å². The van der Waals surface area contributed by atoms with Crippen molar-refractivity contribution in [1.29, 1.82) is 0 Å². The zero-order valence-electron chi connectivity index (χ0n) is 15.9. The number of imidazole rings is 1. The molecule has 0 aliphatic rings. The zero-order chi connectivity index (χ0) is 20.9. The van der Waals surface area contributed by atoms with E-state index in [0.717, 1.165) is 5.56 Å². The van der Waals surface area contributed by atoms with Gasteiger partial charge in [0.15, 0.2) is 0 Å². The van der Waals surface area contributed by atoms with Gasteiger partial charge in [-0.1, -0.05) is 36.4 Å². The van der Waals surface area contributed by atoms with Crippen LogP contribution in [0.4, 0.5) is 13.2 Å². The van der Waals surface area contributed by atoms with Crippen molar-refractivity contribution in [2.45, 2.75) is 32.0 Å². The summed E-state index contributed by atoms with van der Waals surface area (Å²) >= 11 is 0. The van der Waals surface area contributed by atoms with Crippen LogP contribution in [-0.2, 0) is 15.7 Å². The van der Waals surface area contributed by atoms with Gasteiger partial charge in [0.2, 0.25) is 11.7 Å². The van der Waals surface area contributed by atoms with Crippen LogP contribution >= 0.6 is 0 Å². The first kappa shape index (κ1) is 20.9. The topological polar surface area (TPSA) is 67.0 Å². The third-order valence-electron chi connectivity index (χ3n) is 4.44. The second-order valence-corrected chi connectivity index (χ2v) is 6.57. The summed E-state index contributed by atoms with van der Waals surface area (Å²) in [5, 5.41) is 2.98. The van der Waals surface area contributed by atoms with E-state index >= 15 is 0 Å². The minimum absolute atomic E-state index is 0.153. The molecule has 154 valence electrons. The van der Waals surface area contributed by atoms with Gasteiger partial charge in [-0.2, -0.15) is 13.2 Å². The van der Waals surface area contributed by atoms with E-state index in [4.69, 9.17) is 4.74 Å². The van der Waals surface area contributed by atoms with Crippen molar-refractivity contribution in [2.24, 2.45) is 0 Å². The van der Waals surface area contributed by atoms with Gasteiger partial charge in [0.1, 0.15) is 0 Å². The predicted octanol–water partition coefficient (Wildman–Crippen LogP) is 4.60. The predicted molar refractivity (Wildman–Crippen MR) is 103 cm³/mol. The summed E-state index contributed by atoms with van der Waals surface area (Å²) in [6.45, 7) is 2.99. The Morgan fingerprint density at radius 2 is 1.93 bits per heavy atom. The minimum atomic E-state index is -4.55. The van der Waals surface area contributed by atoms with Crippen LogP contribution in [-0.4, -0.2) is 29.1 Å². The fourth-order valence-electron chi connectivity index (χ4n) is 3.06. The first-order valence-electron chi connectivity index (χ1n) is 9.37.